The van der Waals surface area contributed by atoms with E-state index in [0.717, 1.165) is 11.3 Å². The van der Waals surface area contributed by atoms with Gasteiger partial charge < -0.3 is 18.9 Å². The quantitative estimate of drug-likeness (QED) is 0.355. The maximum Gasteiger partial charge on any atom is 0.317 e. The van der Waals surface area contributed by atoms with E-state index in [2.05, 4.69) is 18.8 Å². The van der Waals surface area contributed by atoms with Crippen molar-refractivity contribution in [1.82, 2.24) is 4.98 Å². The molecular weight excluding hydrogens is 430 g/mol. The highest BCUT2D eigenvalue weighted by Crippen LogP contribution is 2.60. The summed E-state index contributed by atoms with van der Waals surface area (Å²) < 4.78 is 22.9. The molecule has 0 aliphatic heterocycles. The van der Waals surface area contributed by atoms with Gasteiger partial charge in [0.1, 0.15) is 30.0 Å². The zero-order chi connectivity index (χ0) is 24.1. The molecule has 3 atom stereocenters. The summed E-state index contributed by atoms with van der Waals surface area (Å²) in [6.45, 7) is 8.76. The number of carbonyl (C=O) groups is 1. The van der Waals surface area contributed by atoms with Gasteiger partial charge in [-0.1, -0.05) is 32.0 Å². The maximum absolute atomic E-state index is 12.7. The van der Waals surface area contributed by atoms with Crippen molar-refractivity contribution in [2.75, 3.05) is 13.2 Å². The topological polar surface area (TPSA) is 66.9 Å². The van der Waals surface area contributed by atoms with Crippen LogP contribution in [0.25, 0.3) is 0 Å². The van der Waals surface area contributed by atoms with Gasteiger partial charge in [0.05, 0.1) is 12.0 Å². The van der Waals surface area contributed by atoms with Crippen molar-refractivity contribution in [2.45, 2.75) is 39.2 Å². The number of carbonyl (C=O) groups excluding carboxylic acids is 1. The molecule has 0 saturated heterocycles. The minimum absolute atomic E-state index is 0.140. The lowest BCUT2D eigenvalue weighted by Crippen LogP contribution is -2.26. The highest BCUT2D eigenvalue weighted by atomic mass is 16.5. The van der Waals surface area contributed by atoms with Crippen LogP contribution in [0.3, 0.4) is 0 Å². The molecule has 1 aromatic heterocycles. The molecule has 1 fully saturated rings. The van der Waals surface area contributed by atoms with Gasteiger partial charge in [-0.2, -0.15) is 0 Å². The van der Waals surface area contributed by atoms with Gasteiger partial charge >= 0.3 is 5.97 Å². The Bertz CT molecular complexity index is 1070. The minimum atomic E-state index is -0.551. The average Bonchev–Trinajstić information content (AvgIpc) is 3.40. The number of nitrogens with zero attached hydrogens (tertiary/aromatic N) is 1. The van der Waals surface area contributed by atoms with E-state index in [-0.39, 0.29) is 23.9 Å². The first-order valence-electron chi connectivity index (χ1n) is 11.7. The summed E-state index contributed by atoms with van der Waals surface area (Å²) in [4.78, 5) is 16.8. The molecule has 4 rings (SSSR count). The molecule has 0 spiro atoms. The van der Waals surface area contributed by atoms with Crippen molar-refractivity contribution < 1.29 is 23.7 Å². The van der Waals surface area contributed by atoms with E-state index in [1.807, 2.05) is 80.6 Å². The Hall–Kier alpha value is -3.54. The second kappa shape index (κ2) is 10.2. The van der Waals surface area contributed by atoms with Crippen LogP contribution in [0, 0.1) is 11.8 Å². The van der Waals surface area contributed by atoms with Gasteiger partial charge in [-0.3, -0.25) is 4.79 Å². The van der Waals surface area contributed by atoms with Crippen LogP contribution in [0.15, 0.2) is 72.9 Å². The fourth-order valence-corrected chi connectivity index (χ4v) is 4.45. The number of aromatic nitrogens is 1. The standard InChI is InChI=1S/C28H31NO5/c1-5-31-27(30)28(20(3)21(28)4)22-9-11-24(12-10-22)34-25-15-13-23(14-16-25)32-18-19(2)33-26-8-6-7-17-29-26/h6-17,19-21H,5,18H2,1-4H3. The van der Waals surface area contributed by atoms with Crippen LogP contribution in [0.5, 0.6) is 23.1 Å². The van der Waals surface area contributed by atoms with E-state index >= 15 is 0 Å². The molecule has 6 nitrogen and oxygen atoms in total. The summed E-state index contributed by atoms with van der Waals surface area (Å²) in [5.74, 6) is 3.07. The molecule has 0 N–H and O–H groups in total. The zero-order valence-corrected chi connectivity index (χ0v) is 20.1. The van der Waals surface area contributed by atoms with Gasteiger partial charge in [-0.25, -0.2) is 4.98 Å². The number of hydrogen-bond donors (Lipinski definition) is 0. The lowest BCUT2D eigenvalue weighted by atomic mass is 9.92. The van der Waals surface area contributed by atoms with Crippen molar-refractivity contribution in [3.05, 3.63) is 78.5 Å². The summed E-state index contributed by atoms with van der Waals surface area (Å²) in [6, 6.07) is 20.7. The zero-order valence-electron chi connectivity index (χ0n) is 20.1. The molecule has 1 aliphatic rings. The molecule has 0 radical (unpaired) electrons. The molecule has 6 heteroatoms. The number of esters is 1. The number of benzene rings is 2. The van der Waals surface area contributed by atoms with Gasteiger partial charge in [0.2, 0.25) is 5.88 Å². The van der Waals surface area contributed by atoms with E-state index in [1.165, 1.54) is 0 Å². The average molecular weight is 462 g/mol. The predicted octanol–water partition coefficient (Wildman–Crippen LogP) is 5.81. The van der Waals surface area contributed by atoms with Crippen molar-refractivity contribution in [2.24, 2.45) is 11.8 Å². The SMILES string of the molecule is CCOC(=O)C1(c2ccc(Oc3ccc(OCC(C)Oc4ccccn4)cc3)cc2)C(C)C1C. The summed E-state index contributed by atoms with van der Waals surface area (Å²) in [7, 11) is 0. The van der Waals surface area contributed by atoms with Gasteiger partial charge in [-0.05, 0) is 73.7 Å². The van der Waals surface area contributed by atoms with Crippen LogP contribution in [0.2, 0.25) is 0 Å². The number of hydrogen-bond acceptors (Lipinski definition) is 6. The van der Waals surface area contributed by atoms with Crippen LogP contribution >= 0.6 is 0 Å². The molecule has 1 aliphatic carbocycles. The van der Waals surface area contributed by atoms with Gasteiger partial charge in [-0.15, -0.1) is 0 Å². The lowest BCUT2D eigenvalue weighted by Gasteiger charge is -2.17. The fraction of sp³-hybridized carbons (Fsp3) is 0.357. The molecule has 1 heterocycles. The van der Waals surface area contributed by atoms with Crippen LogP contribution < -0.4 is 14.2 Å². The smallest absolute Gasteiger partial charge is 0.317 e. The molecule has 34 heavy (non-hydrogen) atoms. The van der Waals surface area contributed by atoms with Crippen molar-refractivity contribution >= 4 is 5.97 Å². The highest BCUT2D eigenvalue weighted by molar-refractivity contribution is 5.88. The molecule has 0 amide bonds. The fourth-order valence-electron chi connectivity index (χ4n) is 4.45. The molecule has 2 aromatic carbocycles. The Morgan fingerprint density at radius 2 is 1.56 bits per heavy atom. The van der Waals surface area contributed by atoms with Gasteiger partial charge in [0.25, 0.3) is 0 Å². The Morgan fingerprint density at radius 3 is 2.12 bits per heavy atom. The van der Waals surface area contributed by atoms with Crippen LogP contribution in [-0.4, -0.2) is 30.3 Å². The maximum atomic E-state index is 12.7. The lowest BCUT2D eigenvalue weighted by molar-refractivity contribution is -0.147. The van der Waals surface area contributed by atoms with E-state index in [9.17, 15) is 4.79 Å². The predicted molar refractivity (Wildman–Crippen MR) is 129 cm³/mol. The largest absolute Gasteiger partial charge is 0.490 e. The molecule has 3 unspecified atom stereocenters. The normalized spacial score (nSPS) is 21.9. The number of ether oxygens (including phenoxy) is 4. The van der Waals surface area contributed by atoms with Gasteiger partial charge in [0, 0.05) is 12.3 Å². The van der Waals surface area contributed by atoms with E-state index < -0.39 is 5.41 Å². The summed E-state index contributed by atoms with van der Waals surface area (Å²) in [6.07, 6.45) is 1.56. The molecule has 178 valence electrons. The second-order valence-electron chi connectivity index (χ2n) is 8.67. The van der Waals surface area contributed by atoms with Crippen molar-refractivity contribution in [3.8, 4) is 23.1 Å². The summed E-state index contributed by atoms with van der Waals surface area (Å²) in [5.41, 5.74) is 0.425. The molecule has 0 bridgehead atoms. The monoisotopic (exact) mass is 461 g/mol. The Kier molecular flexibility index (Phi) is 7.06. The summed E-state index contributed by atoms with van der Waals surface area (Å²) in [5, 5.41) is 0. The first-order chi connectivity index (χ1) is 16.4. The third-order valence-corrected chi connectivity index (χ3v) is 6.53. The van der Waals surface area contributed by atoms with Crippen molar-refractivity contribution in [3.63, 3.8) is 0 Å². The minimum Gasteiger partial charge on any atom is -0.490 e. The Labute approximate surface area is 200 Å². The molecule has 1 saturated carbocycles. The van der Waals surface area contributed by atoms with Crippen LogP contribution in [0.1, 0.15) is 33.3 Å². The summed E-state index contributed by atoms with van der Waals surface area (Å²) >= 11 is 0. The Morgan fingerprint density at radius 1 is 0.941 bits per heavy atom. The first-order valence-corrected chi connectivity index (χ1v) is 11.7. The van der Waals surface area contributed by atoms with Gasteiger partial charge in [0.15, 0.2) is 0 Å². The Balaban J connectivity index is 1.32. The molecular formula is C28H31NO5. The highest BCUT2D eigenvalue weighted by Gasteiger charge is 2.66. The van der Waals surface area contributed by atoms with Crippen LogP contribution in [-0.2, 0) is 14.9 Å². The molecule has 3 aromatic rings. The van der Waals surface area contributed by atoms with E-state index in [0.29, 0.717) is 30.6 Å². The second-order valence-corrected chi connectivity index (χ2v) is 8.67. The third-order valence-electron chi connectivity index (χ3n) is 6.53. The number of rotatable bonds is 10. The van der Waals surface area contributed by atoms with E-state index in [1.54, 1.807) is 6.20 Å². The first kappa shape index (κ1) is 23.6. The van der Waals surface area contributed by atoms with E-state index in [4.69, 9.17) is 18.9 Å². The number of pyridine rings is 1. The van der Waals surface area contributed by atoms with Crippen LogP contribution in [0.4, 0.5) is 0 Å². The van der Waals surface area contributed by atoms with Crippen molar-refractivity contribution in [1.29, 1.82) is 0 Å². The third kappa shape index (κ3) is 4.86.